The molecule has 3 atom stereocenters. The van der Waals surface area contributed by atoms with Crippen LogP contribution in [0.4, 0.5) is 5.69 Å². The highest BCUT2D eigenvalue weighted by Gasteiger charge is 2.29. The van der Waals surface area contributed by atoms with Gasteiger partial charge in [-0.25, -0.2) is 0 Å². The molecule has 1 aliphatic heterocycles. The van der Waals surface area contributed by atoms with Gasteiger partial charge in [-0.05, 0) is 60.2 Å². The van der Waals surface area contributed by atoms with Crippen LogP contribution in [0.2, 0.25) is 5.02 Å². The molecule has 0 saturated heterocycles. The van der Waals surface area contributed by atoms with E-state index in [-0.39, 0.29) is 17.9 Å². The van der Waals surface area contributed by atoms with Gasteiger partial charge >= 0.3 is 0 Å². The minimum absolute atomic E-state index is 0.0803. The molecule has 6 heteroatoms. The van der Waals surface area contributed by atoms with Gasteiger partial charge in [-0.15, -0.1) is 0 Å². The van der Waals surface area contributed by atoms with Gasteiger partial charge < -0.3 is 10.6 Å². The van der Waals surface area contributed by atoms with Crippen LogP contribution in [0.1, 0.15) is 49.0 Å². The number of carbonyl (C=O) groups is 2. The van der Waals surface area contributed by atoms with Crippen LogP contribution in [0.25, 0.3) is 6.08 Å². The van der Waals surface area contributed by atoms with Gasteiger partial charge in [-0.1, -0.05) is 62.2 Å². The van der Waals surface area contributed by atoms with Crippen molar-refractivity contribution in [3.05, 3.63) is 63.5 Å². The van der Waals surface area contributed by atoms with Crippen LogP contribution in [0.5, 0.6) is 0 Å². The van der Waals surface area contributed by atoms with Gasteiger partial charge in [0.1, 0.15) is 0 Å². The first-order valence-corrected chi connectivity index (χ1v) is 11.5. The Labute approximate surface area is 186 Å². The van der Waals surface area contributed by atoms with E-state index in [0.717, 1.165) is 23.3 Å². The molecular weight excluding hydrogens is 416 g/mol. The van der Waals surface area contributed by atoms with Crippen molar-refractivity contribution in [2.24, 2.45) is 11.8 Å². The summed E-state index contributed by atoms with van der Waals surface area (Å²) in [7, 11) is 0. The maximum atomic E-state index is 12.8. The second-order valence-corrected chi connectivity index (χ2v) is 9.70. The minimum Gasteiger partial charge on any atom is -0.349 e. The number of anilines is 1. The summed E-state index contributed by atoms with van der Waals surface area (Å²) in [6, 6.07) is 13.1. The molecule has 0 bridgehead atoms. The second kappa shape index (κ2) is 8.86. The molecule has 1 heterocycles. The van der Waals surface area contributed by atoms with E-state index in [4.69, 9.17) is 11.6 Å². The van der Waals surface area contributed by atoms with Crippen molar-refractivity contribution in [2.45, 2.75) is 44.0 Å². The van der Waals surface area contributed by atoms with Gasteiger partial charge in [0.05, 0.1) is 10.6 Å². The van der Waals surface area contributed by atoms with Crippen molar-refractivity contribution in [1.29, 1.82) is 0 Å². The fourth-order valence-corrected chi connectivity index (χ4v) is 5.22. The first-order valence-electron chi connectivity index (χ1n) is 10.3. The molecule has 0 aromatic heterocycles. The fraction of sp³-hybridized carbons (Fsp3) is 0.333. The molecule has 2 amide bonds. The van der Waals surface area contributed by atoms with Gasteiger partial charge in [0, 0.05) is 21.5 Å². The van der Waals surface area contributed by atoms with Crippen molar-refractivity contribution in [1.82, 2.24) is 5.32 Å². The largest absolute Gasteiger partial charge is 0.349 e. The molecule has 0 unspecified atom stereocenters. The lowest BCUT2D eigenvalue weighted by atomic mass is 9.78. The molecule has 1 aliphatic carbocycles. The molecule has 1 saturated carbocycles. The summed E-state index contributed by atoms with van der Waals surface area (Å²) in [6.07, 6.45) is 5.21. The summed E-state index contributed by atoms with van der Waals surface area (Å²) in [4.78, 5) is 26.9. The molecule has 2 aliphatic rings. The third kappa shape index (κ3) is 4.57. The van der Waals surface area contributed by atoms with Crippen molar-refractivity contribution in [3.8, 4) is 0 Å². The molecular formula is C24H25ClN2O2S. The first kappa shape index (κ1) is 21.0. The lowest BCUT2D eigenvalue weighted by molar-refractivity contribution is -0.112. The molecule has 30 heavy (non-hydrogen) atoms. The summed E-state index contributed by atoms with van der Waals surface area (Å²) in [5, 5.41) is 6.74. The number of thioether (sulfide) groups is 1. The van der Waals surface area contributed by atoms with E-state index in [1.54, 1.807) is 12.1 Å². The topological polar surface area (TPSA) is 58.2 Å². The van der Waals surface area contributed by atoms with E-state index < -0.39 is 0 Å². The van der Waals surface area contributed by atoms with Gasteiger partial charge in [0.25, 0.3) is 11.8 Å². The number of hydrogen-bond donors (Lipinski definition) is 2. The normalized spacial score (nSPS) is 24.8. The fourth-order valence-electron chi connectivity index (χ4n) is 4.09. The standard InChI is InChI=1S/C24H25ClN2O2S/c1-14-5-3-8-19(15(14)2)26-23(28)17-9-10-21-20(13-17)27-24(29)22(30-21)12-16-6-4-7-18(25)11-16/h4,6-7,9-15,19H,3,5,8H2,1-2H3,(H,26,28)(H,27,29)/b22-12+/t14-,15-,19+/m1/s1. The van der Waals surface area contributed by atoms with Crippen molar-refractivity contribution in [2.75, 3.05) is 5.32 Å². The Morgan fingerprint density at radius 1 is 1.20 bits per heavy atom. The summed E-state index contributed by atoms with van der Waals surface area (Å²) in [5.41, 5.74) is 2.11. The third-order valence-electron chi connectivity index (χ3n) is 6.10. The molecule has 2 aromatic carbocycles. The maximum Gasteiger partial charge on any atom is 0.262 e. The lowest BCUT2D eigenvalue weighted by Gasteiger charge is -2.34. The molecule has 4 rings (SSSR count). The Kier molecular flexibility index (Phi) is 6.21. The number of nitrogens with one attached hydrogen (secondary N) is 2. The monoisotopic (exact) mass is 440 g/mol. The number of fused-ring (bicyclic) bond motifs is 1. The van der Waals surface area contributed by atoms with Gasteiger partial charge in [0.2, 0.25) is 0 Å². The summed E-state index contributed by atoms with van der Waals surface area (Å²) in [6.45, 7) is 4.47. The Morgan fingerprint density at radius 2 is 2.03 bits per heavy atom. The van der Waals surface area contributed by atoms with Crippen LogP contribution < -0.4 is 10.6 Å². The zero-order valence-corrected chi connectivity index (χ0v) is 18.6. The Morgan fingerprint density at radius 3 is 2.83 bits per heavy atom. The highest BCUT2D eigenvalue weighted by atomic mass is 35.5. The van der Waals surface area contributed by atoms with Crippen molar-refractivity contribution >= 4 is 46.9 Å². The zero-order valence-electron chi connectivity index (χ0n) is 17.1. The van der Waals surface area contributed by atoms with E-state index in [2.05, 4.69) is 24.5 Å². The molecule has 0 radical (unpaired) electrons. The predicted molar refractivity (Wildman–Crippen MR) is 124 cm³/mol. The molecule has 4 nitrogen and oxygen atoms in total. The zero-order chi connectivity index (χ0) is 21.3. The summed E-state index contributed by atoms with van der Waals surface area (Å²) in [5.74, 6) is 0.825. The molecule has 1 fully saturated rings. The average Bonchev–Trinajstić information content (AvgIpc) is 2.71. The first-order chi connectivity index (χ1) is 14.4. The molecule has 2 N–H and O–H groups in total. The van der Waals surface area contributed by atoms with Crippen LogP contribution in [-0.2, 0) is 4.79 Å². The average molecular weight is 441 g/mol. The number of carbonyl (C=O) groups excluding carboxylic acids is 2. The second-order valence-electron chi connectivity index (χ2n) is 8.18. The minimum atomic E-state index is -0.181. The number of benzene rings is 2. The van der Waals surface area contributed by atoms with Crippen LogP contribution in [0.3, 0.4) is 0 Å². The molecule has 2 aromatic rings. The van der Waals surface area contributed by atoms with Crippen LogP contribution in [0.15, 0.2) is 52.3 Å². The quantitative estimate of drug-likeness (QED) is 0.577. The number of rotatable bonds is 3. The van der Waals surface area contributed by atoms with E-state index in [1.807, 2.05) is 36.4 Å². The summed E-state index contributed by atoms with van der Waals surface area (Å²) < 4.78 is 0. The van der Waals surface area contributed by atoms with Gasteiger partial charge in [0.15, 0.2) is 0 Å². The van der Waals surface area contributed by atoms with Crippen LogP contribution in [-0.4, -0.2) is 17.9 Å². The Balaban J connectivity index is 1.50. The highest BCUT2D eigenvalue weighted by Crippen LogP contribution is 2.39. The molecule has 156 valence electrons. The van der Waals surface area contributed by atoms with E-state index >= 15 is 0 Å². The molecule has 0 spiro atoms. The van der Waals surface area contributed by atoms with E-state index in [0.29, 0.717) is 33.0 Å². The van der Waals surface area contributed by atoms with Crippen LogP contribution >= 0.6 is 23.4 Å². The SMILES string of the molecule is C[C@@H]1[C@H](C)CCC[C@@H]1NC(=O)c1ccc2c(c1)NC(=O)/C(=C\c1cccc(Cl)c1)S2. The Hall–Kier alpha value is -2.24. The van der Waals surface area contributed by atoms with E-state index in [9.17, 15) is 9.59 Å². The van der Waals surface area contributed by atoms with Crippen molar-refractivity contribution < 1.29 is 9.59 Å². The van der Waals surface area contributed by atoms with Gasteiger partial charge in [-0.3, -0.25) is 9.59 Å². The third-order valence-corrected chi connectivity index (χ3v) is 7.44. The predicted octanol–water partition coefficient (Wildman–Crippen LogP) is 5.98. The Bertz CT molecular complexity index is 1020. The maximum absolute atomic E-state index is 12.8. The summed E-state index contributed by atoms with van der Waals surface area (Å²) >= 11 is 7.44. The van der Waals surface area contributed by atoms with Crippen molar-refractivity contribution in [3.63, 3.8) is 0 Å². The highest BCUT2D eigenvalue weighted by molar-refractivity contribution is 8.04. The number of hydrogen-bond acceptors (Lipinski definition) is 3. The van der Waals surface area contributed by atoms with Crippen LogP contribution in [0, 0.1) is 11.8 Å². The number of halogens is 1. The lowest BCUT2D eigenvalue weighted by Crippen LogP contribution is -2.43. The van der Waals surface area contributed by atoms with E-state index in [1.165, 1.54) is 18.2 Å². The number of amides is 2. The smallest absolute Gasteiger partial charge is 0.262 e. The van der Waals surface area contributed by atoms with Gasteiger partial charge in [-0.2, -0.15) is 0 Å².